The van der Waals surface area contributed by atoms with Gasteiger partial charge in [-0.05, 0) is 41.3 Å². The van der Waals surface area contributed by atoms with E-state index < -0.39 is 5.82 Å². The molecule has 0 aromatic heterocycles. The first-order chi connectivity index (χ1) is 13.3. The number of amides is 1. The molecule has 0 aliphatic carbocycles. The summed E-state index contributed by atoms with van der Waals surface area (Å²) in [5.41, 5.74) is 2.69. The van der Waals surface area contributed by atoms with Crippen molar-refractivity contribution in [2.24, 2.45) is 0 Å². The second-order valence-corrected chi connectivity index (χ2v) is 7.58. The van der Waals surface area contributed by atoms with Crippen molar-refractivity contribution in [3.63, 3.8) is 0 Å². The molecule has 148 valence electrons. The first-order valence-corrected chi connectivity index (χ1v) is 8.98. The SMILES string of the molecule is COc1ccc(C(C)(C)C)cc1NC(=O)/C=C/c1cc(F)cc2c1OCOC2. The molecule has 1 heterocycles. The van der Waals surface area contributed by atoms with Gasteiger partial charge in [-0.15, -0.1) is 0 Å². The number of anilines is 1. The fourth-order valence-corrected chi connectivity index (χ4v) is 2.94. The quantitative estimate of drug-likeness (QED) is 0.779. The van der Waals surface area contributed by atoms with Crippen LogP contribution in [0.2, 0.25) is 0 Å². The molecule has 0 radical (unpaired) electrons. The molecule has 0 atom stereocenters. The molecular formula is C22H24FNO4. The molecule has 1 aliphatic rings. The second kappa shape index (κ2) is 8.02. The Morgan fingerprint density at radius 3 is 2.75 bits per heavy atom. The van der Waals surface area contributed by atoms with Gasteiger partial charge in [-0.25, -0.2) is 4.39 Å². The van der Waals surface area contributed by atoms with Crippen LogP contribution in [0.5, 0.6) is 11.5 Å². The normalized spacial score (nSPS) is 13.8. The summed E-state index contributed by atoms with van der Waals surface area (Å²) < 4.78 is 29.8. The van der Waals surface area contributed by atoms with Gasteiger partial charge in [0, 0.05) is 17.2 Å². The van der Waals surface area contributed by atoms with Gasteiger partial charge in [-0.2, -0.15) is 0 Å². The second-order valence-electron chi connectivity index (χ2n) is 7.58. The largest absolute Gasteiger partial charge is 0.495 e. The number of fused-ring (bicyclic) bond motifs is 1. The zero-order chi connectivity index (χ0) is 20.3. The first kappa shape index (κ1) is 19.9. The van der Waals surface area contributed by atoms with Gasteiger partial charge in [-0.1, -0.05) is 26.8 Å². The molecule has 5 nitrogen and oxygen atoms in total. The van der Waals surface area contributed by atoms with E-state index in [4.69, 9.17) is 14.2 Å². The molecule has 1 N–H and O–H groups in total. The number of ether oxygens (including phenoxy) is 3. The fraction of sp³-hybridized carbons (Fsp3) is 0.318. The predicted octanol–water partition coefficient (Wildman–Crippen LogP) is 4.65. The summed E-state index contributed by atoms with van der Waals surface area (Å²) in [6.45, 7) is 6.66. The number of carbonyl (C=O) groups is 1. The molecule has 3 rings (SSSR count). The van der Waals surface area contributed by atoms with Crippen molar-refractivity contribution in [2.75, 3.05) is 19.2 Å². The number of nitrogens with one attached hydrogen (secondary N) is 1. The molecule has 0 saturated heterocycles. The Hall–Kier alpha value is -2.86. The number of hydrogen-bond acceptors (Lipinski definition) is 4. The van der Waals surface area contributed by atoms with Crippen LogP contribution in [0, 0.1) is 5.82 Å². The topological polar surface area (TPSA) is 56.8 Å². The van der Waals surface area contributed by atoms with Crippen molar-refractivity contribution < 1.29 is 23.4 Å². The maximum atomic E-state index is 13.8. The third-order valence-corrected chi connectivity index (χ3v) is 4.44. The molecule has 6 heteroatoms. The maximum absolute atomic E-state index is 13.8. The van der Waals surface area contributed by atoms with Crippen LogP contribution >= 0.6 is 0 Å². The molecule has 0 spiro atoms. The van der Waals surface area contributed by atoms with Crippen LogP contribution in [-0.2, 0) is 21.6 Å². The van der Waals surface area contributed by atoms with Crippen molar-refractivity contribution in [1.29, 1.82) is 0 Å². The van der Waals surface area contributed by atoms with Gasteiger partial charge in [-0.3, -0.25) is 4.79 Å². The van der Waals surface area contributed by atoms with Gasteiger partial charge < -0.3 is 19.5 Å². The molecule has 1 amide bonds. The Morgan fingerprint density at radius 2 is 2.04 bits per heavy atom. The Balaban J connectivity index is 1.82. The average molecular weight is 385 g/mol. The highest BCUT2D eigenvalue weighted by atomic mass is 19.1. The van der Waals surface area contributed by atoms with Crippen LogP contribution in [-0.4, -0.2) is 19.8 Å². The van der Waals surface area contributed by atoms with Gasteiger partial charge in [0.1, 0.15) is 17.3 Å². The lowest BCUT2D eigenvalue weighted by molar-refractivity contribution is -0.111. The zero-order valence-corrected chi connectivity index (χ0v) is 16.5. The molecule has 1 aliphatic heterocycles. The van der Waals surface area contributed by atoms with Crippen LogP contribution in [0.1, 0.15) is 37.5 Å². The Bertz CT molecular complexity index is 915. The van der Waals surface area contributed by atoms with Crippen LogP contribution in [0.15, 0.2) is 36.4 Å². The van der Waals surface area contributed by atoms with Crippen LogP contribution in [0.3, 0.4) is 0 Å². The number of methoxy groups -OCH3 is 1. The molecule has 2 aromatic rings. The Labute approximate surface area is 164 Å². The van der Waals surface area contributed by atoms with Crippen LogP contribution in [0.25, 0.3) is 6.08 Å². The summed E-state index contributed by atoms with van der Waals surface area (Å²) in [6.07, 6.45) is 2.87. The van der Waals surface area contributed by atoms with E-state index in [9.17, 15) is 9.18 Å². The molecular weight excluding hydrogens is 361 g/mol. The molecule has 0 saturated carbocycles. The van der Waals surface area contributed by atoms with E-state index in [2.05, 4.69) is 26.1 Å². The van der Waals surface area contributed by atoms with Crippen molar-refractivity contribution in [3.8, 4) is 11.5 Å². The number of benzene rings is 2. The smallest absolute Gasteiger partial charge is 0.248 e. The van der Waals surface area contributed by atoms with E-state index in [0.29, 0.717) is 28.3 Å². The Morgan fingerprint density at radius 1 is 1.25 bits per heavy atom. The monoisotopic (exact) mass is 385 g/mol. The fourth-order valence-electron chi connectivity index (χ4n) is 2.94. The standard InChI is InChI=1S/C22H24FNO4/c1-22(2,3)16-6-7-19(26-4)18(11-16)24-20(25)8-5-14-9-17(23)10-15-12-27-13-28-21(14)15/h5-11H,12-13H2,1-4H3,(H,24,25)/b8-5+. The highest BCUT2D eigenvalue weighted by molar-refractivity contribution is 6.03. The minimum absolute atomic E-state index is 0.0678. The van der Waals surface area contributed by atoms with E-state index >= 15 is 0 Å². The molecule has 0 unspecified atom stereocenters. The predicted molar refractivity (Wildman–Crippen MR) is 106 cm³/mol. The lowest BCUT2D eigenvalue weighted by Crippen LogP contribution is -2.14. The molecule has 28 heavy (non-hydrogen) atoms. The zero-order valence-electron chi connectivity index (χ0n) is 16.5. The minimum Gasteiger partial charge on any atom is -0.495 e. The summed E-state index contributed by atoms with van der Waals surface area (Å²) in [6, 6.07) is 8.40. The van der Waals surface area contributed by atoms with Gasteiger partial charge in [0.25, 0.3) is 0 Å². The van der Waals surface area contributed by atoms with Crippen molar-refractivity contribution >= 4 is 17.7 Å². The minimum atomic E-state index is -0.410. The number of rotatable bonds is 4. The third-order valence-electron chi connectivity index (χ3n) is 4.44. The van der Waals surface area contributed by atoms with E-state index in [1.54, 1.807) is 7.11 Å². The molecule has 0 bridgehead atoms. The van der Waals surface area contributed by atoms with E-state index in [1.807, 2.05) is 18.2 Å². The number of hydrogen-bond donors (Lipinski definition) is 1. The lowest BCUT2D eigenvalue weighted by atomic mass is 9.87. The van der Waals surface area contributed by atoms with Gasteiger partial charge >= 0.3 is 0 Å². The van der Waals surface area contributed by atoms with Crippen molar-refractivity contribution in [3.05, 3.63) is 58.9 Å². The highest BCUT2D eigenvalue weighted by Gasteiger charge is 2.18. The van der Waals surface area contributed by atoms with Gasteiger partial charge in [0.2, 0.25) is 5.91 Å². The third kappa shape index (κ3) is 4.51. The number of carbonyl (C=O) groups excluding carboxylic acids is 1. The summed E-state index contributed by atoms with van der Waals surface area (Å²) in [5.74, 6) is 0.337. The average Bonchev–Trinajstić information content (AvgIpc) is 2.65. The van der Waals surface area contributed by atoms with E-state index in [1.165, 1.54) is 24.3 Å². The summed E-state index contributed by atoms with van der Waals surface area (Å²) in [4.78, 5) is 12.5. The maximum Gasteiger partial charge on any atom is 0.248 e. The van der Waals surface area contributed by atoms with Crippen molar-refractivity contribution in [2.45, 2.75) is 32.8 Å². The summed E-state index contributed by atoms with van der Waals surface area (Å²) in [5, 5.41) is 2.83. The van der Waals surface area contributed by atoms with Crippen LogP contribution < -0.4 is 14.8 Å². The molecule has 2 aromatic carbocycles. The van der Waals surface area contributed by atoms with E-state index in [-0.39, 0.29) is 24.7 Å². The van der Waals surface area contributed by atoms with Crippen molar-refractivity contribution in [1.82, 2.24) is 0 Å². The van der Waals surface area contributed by atoms with E-state index in [0.717, 1.165) is 5.56 Å². The lowest BCUT2D eigenvalue weighted by Gasteiger charge is -2.21. The summed E-state index contributed by atoms with van der Waals surface area (Å²) >= 11 is 0. The highest BCUT2D eigenvalue weighted by Crippen LogP contribution is 2.32. The Kier molecular flexibility index (Phi) is 5.70. The molecule has 0 fully saturated rings. The van der Waals surface area contributed by atoms with Gasteiger partial charge in [0.05, 0.1) is 19.4 Å². The summed E-state index contributed by atoms with van der Waals surface area (Å²) in [7, 11) is 1.55. The van der Waals surface area contributed by atoms with Gasteiger partial charge in [0.15, 0.2) is 6.79 Å². The first-order valence-electron chi connectivity index (χ1n) is 8.98. The number of halogens is 1. The van der Waals surface area contributed by atoms with Crippen LogP contribution in [0.4, 0.5) is 10.1 Å².